The molecule has 5 nitrogen and oxygen atoms in total. The Morgan fingerprint density at radius 3 is 2.91 bits per heavy atom. The summed E-state index contributed by atoms with van der Waals surface area (Å²) < 4.78 is 1.98. The molecule has 3 aromatic rings. The summed E-state index contributed by atoms with van der Waals surface area (Å²) >= 11 is 9.22. The van der Waals surface area contributed by atoms with Crippen LogP contribution in [0.4, 0.5) is 0 Å². The summed E-state index contributed by atoms with van der Waals surface area (Å²) in [5.41, 5.74) is 0. The van der Waals surface area contributed by atoms with Gasteiger partial charge < -0.3 is 4.57 Å². The van der Waals surface area contributed by atoms with Crippen molar-refractivity contribution in [1.82, 2.24) is 24.7 Å². The van der Waals surface area contributed by atoms with Crippen LogP contribution in [0.2, 0.25) is 5.15 Å². The fourth-order valence-electron chi connectivity index (χ4n) is 2.11. The highest BCUT2D eigenvalue weighted by Crippen LogP contribution is 2.39. The molecule has 3 aromatic heterocycles. The first-order valence-corrected chi connectivity index (χ1v) is 8.94. The van der Waals surface area contributed by atoms with Crippen molar-refractivity contribution in [3.05, 3.63) is 34.6 Å². The molecule has 3 heterocycles. The Morgan fingerprint density at radius 1 is 1.32 bits per heavy atom. The lowest BCUT2D eigenvalue weighted by atomic mass is 10.4. The maximum Gasteiger partial charge on any atom is 0.197 e. The fourth-order valence-corrected chi connectivity index (χ4v) is 3.91. The van der Waals surface area contributed by atoms with Gasteiger partial charge >= 0.3 is 0 Å². The lowest BCUT2D eigenvalue weighted by Gasteiger charge is -2.04. The minimum Gasteiger partial charge on any atom is -0.304 e. The maximum atomic E-state index is 6.11. The second kappa shape index (κ2) is 5.64. The van der Waals surface area contributed by atoms with E-state index in [0.29, 0.717) is 11.1 Å². The first kappa shape index (κ1) is 14.2. The van der Waals surface area contributed by atoms with Gasteiger partial charge in [-0.2, -0.15) is 0 Å². The second-order valence-corrected chi connectivity index (χ2v) is 7.43. The van der Waals surface area contributed by atoms with Gasteiger partial charge in [-0.1, -0.05) is 17.7 Å². The molecule has 0 atom stereocenters. The Kier molecular flexibility index (Phi) is 3.63. The number of halogens is 1. The van der Waals surface area contributed by atoms with E-state index >= 15 is 0 Å². The van der Waals surface area contributed by atoms with Crippen molar-refractivity contribution in [2.75, 3.05) is 0 Å². The first-order chi connectivity index (χ1) is 10.7. The predicted molar refractivity (Wildman–Crippen MR) is 87.5 cm³/mol. The molecule has 1 saturated carbocycles. The summed E-state index contributed by atoms with van der Waals surface area (Å²) in [5.74, 6) is 2.18. The topological polar surface area (TPSA) is 56.5 Å². The molecule has 0 N–H and O–H groups in total. The minimum atomic E-state index is 0.472. The van der Waals surface area contributed by atoms with Crippen LogP contribution in [0.1, 0.15) is 24.6 Å². The van der Waals surface area contributed by atoms with Crippen LogP contribution in [-0.2, 0) is 7.05 Å². The van der Waals surface area contributed by atoms with Gasteiger partial charge in [-0.25, -0.2) is 9.97 Å². The third kappa shape index (κ3) is 2.76. The van der Waals surface area contributed by atoms with Crippen LogP contribution in [0.25, 0.3) is 10.7 Å². The van der Waals surface area contributed by atoms with E-state index in [2.05, 4.69) is 20.2 Å². The van der Waals surface area contributed by atoms with Crippen LogP contribution in [0.3, 0.4) is 0 Å². The number of aromatic nitrogens is 5. The molecule has 0 spiro atoms. The van der Waals surface area contributed by atoms with Crippen molar-refractivity contribution < 1.29 is 0 Å². The number of rotatable bonds is 4. The van der Waals surface area contributed by atoms with Crippen molar-refractivity contribution in [2.24, 2.45) is 7.05 Å². The first-order valence-electron chi connectivity index (χ1n) is 6.86. The molecule has 8 heteroatoms. The lowest BCUT2D eigenvalue weighted by molar-refractivity contribution is 0.790. The van der Waals surface area contributed by atoms with Crippen LogP contribution in [0.5, 0.6) is 0 Å². The summed E-state index contributed by atoms with van der Waals surface area (Å²) in [7, 11) is 1.96. The van der Waals surface area contributed by atoms with Gasteiger partial charge in [0.15, 0.2) is 11.0 Å². The Labute approximate surface area is 140 Å². The van der Waals surface area contributed by atoms with E-state index in [9.17, 15) is 0 Å². The largest absolute Gasteiger partial charge is 0.304 e. The lowest BCUT2D eigenvalue weighted by Crippen LogP contribution is -1.97. The minimum absolute atomic E-state index is 0.472. The highest BCUT2D eigenvalue weighted by Gasteiger charge is 2.27. The smallest absolute Gasteiger partial charge is 0.197 e. The maximum absolute atomic E-state index is 6.11. The van der Waals surface area contributed by atoms with E-state index in [1.54, 1.807) is 17.4 Å². The molecule has 4 rings (SSSR count). The van der Waals surface area contributed by atoms with Crippen LogP contribution in [0, 0.1) is 0 Å². The zero-order valence-electron chi connectivity index (χ0n) is 11.7. The monoisotopic (exact) mass is 349 g/mol. The molecule has 1 aliphatic rings. The van der Waals surface area contributed by atoms with E-state index in [-0.39, 0.29) is 0 Å². The predicted octanol–water partition coefficient (Wildman–Crippen LogP) is 4.02. The van der Waals surface area contributed by atoms with Crippen molar-refractivity contribution in [2.45, 2.75) is 28.9 Å². The molecule has 0 radical (unpaired) electrons. The van der Waals surface area contributed by atoms with Crippen LogP contribution >= 0.6 is 34.7 Å². The summed E-state index contributed by atoms with van der Waals surface area (Å²) in [4.78, 5) is 10.00. The molecule has 0 unspecified atom stereocenters. The highest BCUT2D eigenvalue weighted by atomic mass is 35.5. The van der Waals surface area contributed by atoms with Gasteiger partial charge in [0.25, 0.3) is 0 Å². The van der Waals surface area contributed by atoms with Crippen molar-refractivity contribution in [3.63, 3.8) is 0 Å². The van der Waals surface area contributed by atoms with Crippen LogP contribution in [-0.4, -0.2) is 24.7 Å². The van der Waals surface area contributed by atoms with Gasteiger partial charge in [0.1, 0.15) is 16.0 Å². The Morgan fingerprint density at radius 2 is 2.18 bits per heavy atom. The second-order valence-electron chi connectivity index (χ2n) is 5.11. The van der Waals surface area contributed by atoms with Crippen molar-refractivity contribution in [3.8, 4) is 10.7 Å². The van der Waals surface area contributed by atoms with Gasteiger partial charge in [-0.3, -0.25) is 0 Å². The van der Waals surface area contributed by atoms with E-state index < -0.39 is 0 Å². The van der Waals surface area contributed by atoms with Gasteiger partial charge in [0, 0.05) is 19.0 Å². The van der Waals surface area contributed by atoms with E-state index in [0.717, 1.165) is 39.5 Å². The molecule has 112 valence electrons. The molecule has 0 aliphatic heterocycles. The summed E-state index contributed by atoms with van der Waals surface area (Å²) in [5, 5.41) is 12.7. The van der Waals surface area contributed by atoms with Gasteiger partial charge in [-0.05, 0) is 36.0 Å². The fraction of sp³-hybridized carbons (Fsp3) is 0.286. The average molecular weight is 350 g/mol. The standard InChI is InChI=1S/C14H12ClN5S2/c1-20-13(9-3-2-6-21-9)18-19-14(20)22-11-7-10(15)16-12(17-11)8-4-5-8/h2-3,6-8H,4-5H2,1H3. The number of hydrogen-bond acceptors (Lipinski definition) is 6. The highest BCUT2D eigenvalue weighted by molar-refractivity contribution is 7.99. The Bertz CT molecular complexity index is 811. The molecular formula is C14H12ClN5S2. The summed E-state index contributed by atoms with van der Waals surface area (Å²) in [6, 6.07) is 5.82. The molecule has 0 aromatic carbocycles. The average Bonchev–Trinajstić information content (AvgIpc) is 3.10. The van der Waals surface area contributed by atoms with Gasteiger partial charge in [0.05, 0.1) is 4.88 Å². The molecule has 0 saturated heterocycles. The van der Waals surface area contributed by atoms with Crippen LogP contribution < -0.4 is 0 Å². The van der Waals surface area contributed by atoms with Crippen molar-refractivity contribution >= 4 is 34.7 Å². The zero-order chi connectivity index (χ0) is 15.1. The number of nitrogens with zero attached hydrogens (tertiary/aromatic N) is 5. The molecular weight excluding hydrogens is 338 g/mol. The summed E-state index contributed by atoms with van der Waals surface area (Å²) in [6.07, 6.45) is 2.30. The van der Waals surface area contributed by atoms with Crippen molar-refractivity contribution in [1.29, 1.82) is 0 Å². The summed E-state index contributed by atoms with van der Waals surface area (Å²) in [6.45, 7) is 0. The zero-order valence-corrected chi connectivity index (χ0v) is 14.1. The van der Waals surface area contributed by atoms with Crippen LogP contribution in [0.15, 0.2) is 33.8 Å². The Balaban J connectivity index is 1.64. The number of thiophene rings is 1. The molecule has 0 bridgehead atoms. The van der Waals surface area contributed by atoms with Gasteiger partial charge in [0.2, 0.25) is 0 Å². The SMILES string of the molecule is Cn1c(Sc2cc(Cl)nc(C3CC3)n2)nnc1-c1cccs1. The molecule has 22 heavy (non-hydrogen) atoms. The van der Waals surface area contributed by atoms with E-state index in [1.807, 2.05) is 29.1 Å². The van der Waals surface area contributed by atoms with Gasteiger partial charge in [-0.15, -0.1) is 21.5 Å². The molecule has 1 aliphatic carbocycles. The Hall–Kier alpha value is -1.44. The normalized spacial score (nSPS) is 14.5. The third-order valence-corrected chi connectivity index (χ3v) is 5.42. The quantitative estimate of drug-likeness (QED) is 0.666. The molecule has 1 fully saturated rings. The third-order valence-electron chi connectivity index (χ3n) is 3.40. The van der Waals surface area contributed by atoms with E-state index in [4.69, 9.17) is 11.6 Å². The number of hydrogen-bond donors (Lipinski definition) is 0. The van der Waals surface area contributed by atoms with E-state index in [1.165, 1.54) is 11.8 Å². The molecule has 0 amide bonds.